The van der Waals surface area contributed by atoms with Gasteiger partial charge in [0, 0.05) is 20.7 Å². The van der Waals surface area contributed by atoms with Crippen LogP contribution in [0.4, 0.5) is 4.79 Å². The fraction of sp³-hybridized carbons (Fsp3) is 0.357. The lowest BCUT2D eigenvalue weighted by Gasteiger charge is -2.19. The van der Waals surface area contributed by atoms with Crippen molar-refractivity contribution in [2.45, 2.75) is 12.6 Å². The van der Waals surface area contributed by atoms with Crippen LogP contribution in [0.3, 0.4) is 0 Å². The molecule has 1 aromatic carbocycles. The molecule has 2 amide bonds. The van der Waals surface area contributed by atoms with Crippen LogP contribution < -0.4 is 5.32 Å². The summed E-state index contributed by atoms with van der Waals surface area (Å²) in [5.41, 5.74) is 1.33. The molecule has 1 unspecified atom stereocenters. The minimum atomic E-state index is -1.14. The van der Waals surface area contributed by atoms with Gasteiger partial charge in [-0.3, -0.25) is 0 Å². The molecule has 7 heteroatoms. The number of urea groups is 1. The van der Waals surface area contributed by atoms with Crippen LogP contribution in [0.1, 0.15) is 11.1 Å². The Balaban J connectivity index is 2.54. The van der Waals surface area contributed by atoms with Crippen molar-refractivity contribution in [3.05, 3.63) is 35.4 Å². The highest BCUT2D eigenvalue weighted by atomic mass is 16.5. The van der Waals surface area contributed by atoms with Crippen molar-refractivity contribution in [2.75, 3.05) is 20.7 Å². The number of benzene rings is 1. The molecule has 0 heterocycles. The normalized spacial score (nSPS) is 11.3. The molecule has 0 aromatic heterocycles. The number of carboxylic acid groups (broad SMARTS) is 1. The molecule has 0 bridgehead atoms. The fourth-order valence-electron chi connectivity index (χ4n) is 1.67. The summed E-state index contributed by atoms with van der Waals surface area (Å²) in [7, 11) is 2.85. The summed E-state index contributed by atoms with van der Waals surface area (Å²) in [6.07, 6.45) is -1.08. The highest BCUT2D eigenvalue weighted by Crippen LogP contribution is 2.06. The lowest BCUT2D eigenvalue weighted by atomic mass is 10.1. The maximum atomic E-state index is 11.8. The van der Waals surface area contributed by atoms with Crippen LogP contribution in [0.15, 0.2) is 24.3 Å². The highest BCUT2D eigenvalue weighted by molar-refractivity contribution is 5.76. The molecular weight excluding hydrogens is 274 g/mol. The van der Waals surface area contributed by atoms with Crippen molar-refractivity contribution < 1.29 is 19.4 Å². The summed E-state index contributed by atoms with van der Waals surface area (Å²) >= 11 is 0. The van der Waals surface area contributed by atoms with Crippen LogP contribution in [-0.4, -0.2) is 48.8 Å². The third kappa shape index (κ3) is 5.12. The molecule has 0 saturated heterocycles. The van der Waals surface area contributed by atoms with E-state index in [0.717, 1.165) is 5.56 Å². The molecule has 112 valence electrons. The van der Waals surface area contributed by atoms with Crippen LogP contribution in [-0.2, 0) is 16.1 Å². The maximum absolute atomic E-state index is 11.8. The lowest BCUT2D eigenvalue weighted by molar-refractivity contribution is -0.148. The quantitative estimate of drug-likeness (QED) is 0.807. The van der Waals surface area contributed by atoms with E-state index in [-0.39, 0.29) is 6.54 Å². The van der Waals surface area contributed by atoms with Crippen molar-refractivity contribution in [3.63, 3.8) is 0 Å². The third-order valence-corrected chi connectivity index (χ3v) is 2.82. The second kappa shape index (κ2) is 7.87. The molecule has 0 aliphatic carbocycles. The first-order valence-corrected chi connectivity index (χ1v) is 6.21. The van der Waals surface area contributed by atoms with E-state index in [1.165, 1.54) is 12.0 Å². The molecule has 1 aromatic rings. The van der Waals surface area contributed by atoms with Gasteiger partial charge in [-0.25, -0.2) is 9.59 Å². The molecule has 1 atom stereocenters. The summed E-state index contributed by atoms with van der Waals surface area (Å²) in [4.78, 5) is 24.0. The number of carbonyl (C=O) groups excluding carboxylic acids is 1. The number of nitrogens with one attached hydrogen (secondary N) is 1. The lowest BCUT2D eigenvalue weighted by Crippen LogP contribution is -2.43. The van der Waals surface area contributed by atoms with Gasteiger partial charge in [0.15, 0.2) is 6.10 Å². The first kappa shape index (κ1) is 16.5. The Bertz CT molecular complexity index is 553. The molecule has 21 heavy (non-hydrogen) atoms. The molecule has 0 radical (unpaired) electrons. The van der Waals surface area contributed by atoms with E-state index in [1.807, 2.05) is 6.07 Å². The molecular formula is C14H17N3O4. The number of aliphatic carboxylic acids is 1. The summed E-state index contributed by atoms with van der Waals surface area (Å²) < 4.78 is 4.72. The topological polar surface area (TPSA) is 103 Å². The number of hydrogen-bond donors (Lipinski definition) is 2. The molecule has 7 nitrogen and oxygen atoms in total. The standard InChI is InChI=1S/C14H17N3O4/c1-17(9-11-5-3-4-10(6-11)7-15)14(20)16-8-12(21-2)13(18)19/h3-6,12H,8-9H2,1-2H3,(H,16,20)(H,18,19). The maximum Gasteiger partial charge on any atom is 0.334 e. The summed E-state index contributed by atoms with van der Waals surface area (Å²) in [5, 5.41) is 20.1. The van der Waals surface area contributed by atoms with Gasteiger partial charge < -0.3 is 20.1 Å². The number of rotatable bonds is 6. The van der Waals surface area contributed by atoms with Gasteiger partial charge in [-0.15, -0.1) is 0 Å². The number of nitrogens with zero attached hydrogens (tertiary/aromatic N) is 2. The number of ether oxygens (including phenoxy) is 1. The van der Waals surface area contributed by atoms with Gasteiger partial charge in [-0.2, -0.15) is 5.26 Å². The zero-order chi connectivity index (χ0) is 15.8. The minimum absolute atomic E-state index is 0.118. The van der Waals surface area contributed by atoms with Crippen molar-refractivity contribution >= 4 is 12.0 Å². The van der Waals surface area contributed by atoms with Gasteiger partial charge in [0.25, 0.3) is 0 Å². The fourth-order valence-corrected chi connectivity index (χ4v) is 1.67. The van der Waals surface area contributed by atoms with E-state index >= 15 is 0 Å². The molecule has 0 spiro atoms. The van der Waals surface area contributed by atoms with Crippen molar-refractivity contribution in [2.24, 2.45) is 0 Å². The smallest absolute Gasteiger partial charge is 0.334 e. The molecule has 1 rings (SSSR count). The second-order valence-electron chi connectivity index (χ2n) is 4.42. The predicted molar refractivity (Wildman–Crippen MR) is 74.5 cm³/mol. The Kier molecular flexibility index (Phi) is 6.17. The number of carbonyl (C=O) groups is 2. The van der Waals surface area contributed by atoms with Gasteiger partial charge in [0.2, 0.25) is 0 Å². The Morgan fingerprint density at radius 2 is 2.24 bits per heavy atom. The Morgan fingerprint density at radius 1 is 1.52 bits per heavy atom. The van der Waals surface area contributed by atoms with E-state index in [2.05, 4.69) is 5.32 Å². The SMILES string of the molecule is COC(CNC(=O)N(C)Cc1cccc(C#N)c1)C(=O)O. The van der Waals surface area contributed by atoms with Gasteiger partial charge in [-0.05, 0) is 17.7 Å². The average molecular weight is 291 g/mol. The van der Waals surface area contributed by atoms with Gasteiger partial charge >= 0.3 is 12.0 Å². The van der Waals surface area contributed by atoms with Gasteiger partial charge in [0.05, 0.1) is 18.2 Å². The number of methoxy groups -OCH3 is 1. The minimum Gasteiger partial charge on any atom is -0.479 e. The zero-order valence-electron chi connectivity index (χ0n) is 11.9. The van der Waals surface area contributed by atoms with E-state index < -0.39 is 18.1 Å². The Morgan fingerprint density at radius 3 is 2.81 bits per heavy atom. The zero-order valence-corrected chi connectivity index (χ0v) is 11.9. The number of amides is 2. The Hall–Kier alpha value is -2.59. The third-order valence-electron chi connectivity index (χ3n) is 2.82. The van der Waals surface area contributed by atoms with Crippen LogP contribution in [0.5, 0.6) is 0 Å². The second-order valence-corrected chi connectivity index (χ2v) is 4.42. The van der Waals surface area contributed by atoms with Crippen LogP contribution >= 0.6 is 0 Å². The number of nitriles is 1. The molecule has 0 aliphatic rings. The van der Waals surface area contributed by atoms with Crippen molar-refractivity contribution in [3.8, 4) is 6.07 Å². The van der Waals surface area contributed by atoms with Crippen molar-refractivity contribution in [1.29, 1.82) is 5.26 Å². The van der Waals surface area contributed by atoms with Crippen LogP contribution in [0.25, 0.3) is 0 Å². The average Bonchev–Trinajstić information content (AvgIpc) is 2.47. The highest BCUT2D eigenvalue weighted by Gasteiger charge is 2.18. The van der Waals surface area contributed by atoms with Crippen molar-refractivity contribution in [1.82, 2.24) is 10.2 Å². The molecule has 0 saturated carbocycles. The van der Waals surface area contributed by atoms with E-state index in [4.69, 9.17) is 15.1 Å². The Labute approximate surface area is 122 Å². The largest absolute Gasteiger partial charge is 0.479 e. The monoisotopic (exact) mass is 291 g/mol. The molecule has 0 aliphatic heterocycles. The summed E-state index contributed by atoms with van der Waals surface area (Å²) in [6.45, 7) is 0.194. The summed E-state index contributed by atoms with van der Waals surface area (Å²) in [6, 6.07) is 8.53. The predicted octanol–water partition coefficient (Wildman–Crippen LogP) is 0.799. The molecule has 2 N–H and O–H groups in total. The van der Waals surface area contributed by atoms with Crippen LogP contribution in [0, 0.1) is 11.3 Å². The number of hydrogen-bond acceptors (Lipinski definition) is 4. The van der Waals surface area contributed by atoms with E-state index in [0.29, 0.717) is 12.1 Å². The number of carboxylic acids is 1. The van der Waals surface area contributed by atoms with Crippen LogP contribution in [0.2, 0.25) is 0 Å². The first-order valence-electron chi connectivity index (χ1n) is 6.21. The molecule has 0 fully saturated rings. The first-order chi connectivity index (χ1) is 9.97. The van der Waals surface area contributed by atoms with E-state index in [9.17, 15) is 9.59 Å². The van der Waals surface area contributed by atoms with E-state index in [1.54, 1.807) is 31.3 Å². The summed E-state index contributed by atoms with van der Waals surface area (Å²) in [5.74, 6) is -1.14. The van der Waals surface area contributed by atoms with Gasteiger partial charge in [-0.1, -0.05) is 12.1 Å². The van der Waals surface area contributed by atoms with Gasteiger partial charge in [0.1, 0.15) is 0 Å².